The number of likely N-dealkylation sites (tertiary alicyclic amines) is 1. The van der Waals surface area contributed by atoms with Crippen LogP contribution >= 0.6 is 11.6 Å². The van der Waals surface area contributed by atoms with Gasteiger partial charge in [-0.05, 0) is 24.3 Å². The summed E-state index contributed by atoms with van der Waals surface area (Å²) in [5.74, 6) is -0.120. The van der Waals surface area contributed by atoms with E-state index >= 15 is 0 Å². The Morgan fingerprint density at radius 1 is 1.44 bits per heavy atom. The number of halogens is 1. The highest BCUT2D eigenvalue weighted by Crippen LogP contribution is 2.27. The van der Waals surface area contributed by atoms with E-state index in [1.807, 2.05) is 6.07 Å². The van der Waals surface area contributed by atoms with Crippen molar-refractivity contribution >= 4 is 23.2 Å². The number of carbonyl (C=O) groups excluding carboxylic acids is 1. The number of nitriles is 1. The number of ether oxygens (including phenoxy) is 1. The number of hydrogen-bond acceptors (Lipinski definition) is 6. The van der Waals surface area contributed by atoms with E-state index in [0.717, 1.165) is 6.07 Å². The van der Waals surface area contributed by atoms with Crippen LogP contribution in [0.1, 0.15) is 15.9 Å². The molecule has 0 bridgehead atoms. The second-order valence-electron chi connectivity index (χ2n) is 5.34. The molecule has 9 heteroatoms. The molecule has 3 rings (SSSR count). The first kappa shape index (κ1) is 16.7. The lowest BCUT2D eigenvalue weighted by atomic mass is 10.1. The average molecular weight is 359 g/mol. The molecule has 0 saturated carbocycles. The van der Waals surface area contributed by atoms with Gasteiger partial charge in [-0.1, -0.05) is 11.6 Å². The first-order valence-electron chi connectivity index (χ1n) is 7.24. The molecule has 0 spiro atoms. The van der Waals surface area contributed by atoms with E-state index in [9.17, 15) is 14.9 Å². The Labute approximate surface area is 147 Å². The number of hydrogen-bond donors (Lipinski definition) is 0. The van der Waals surface area contributed by atoms with Gasteiger partial charge in [0.1, 0.15) is 22.8 Å². The molecule has 1 aromatic carbocycles. The van der Waals surface area contributed by atoms with Crippen LogP contribution in [-0.2, 0) is 0 Å². The fourth-order valence-electron chi connectivity index (χ4n) is 2.37. The van der Waals surface area contributed by atoms with Gasteiger partial charge in [-0.2, -0.15) is 5.26 Å². The van der Waals surface area contributed by atoms with Gasteiger partial charge in [-0.3, -0.25) is 14.9 Å². The van der Waals surface area contributed by atoms with E-state index in [2.05, 4.69) is 4.98 Å². The zero-order valence-electron chi connectivity index (χ0n) is 12.8. The molecule has 0 aliphatic carbocycles. The van der Waals surface area contributed by atoms with Gasteiger partial charge < -0.3 is 9.64 Å². The fraction of sp³-hybridized carbons (Fsp3) is 0.188. The topological polar surface area (TPSA) is 109 Å². The summed E-state index contributed by atoms with van der Waals surface area (Å²) in [6.45, 7) is 0.605. The molecule has 1 saturated heterocycles. The first-order valence-corrected chi connectivity index (χ1v) is 7.62. The minimum absolute atomic E-state index is 0.0226. The van der Waals surface area contributed by atoms with Crippen molar-refractivity contribution in [2.75, 3.05) is 13.1 Å². The van der Waals surface area contributed by atoms with E-state index < -0.39 is 4.92 Å². The van der Waals surface area contributed by atoms with Gasteiger partial charge in [0.05, 0.1) is 18.0 Å². The number of amides is 1. The summed E-state index contributed by atoms with van der Waals surface area (Å²) < 4.78 is 5.61. The molecular formula is C16H11ClN4O4. The van der Waals surface area contributed by atoms with Crippen molar-refractivity contribution in [3.8, 4) is 11.9 Å². The molecule has 1 aliphatic rings. The fourth-order valence-corrected chi connectivity index (χ4v) is 2.56. The first-order chi connectivity index (χ1) is 12.0. The number of nitro benzene ring substituents is 1. The van der Waals surface area contributed by atoms with E-state index in [1.54, 1.807) is 12.1 Å². The number of benzene rings is 1. The van der Waals surface area contributed by atoms with Gasteiger partial charge >= 0.3 is 0 Å². The smallest absolute Gasteiger partial charge is 0.288 e. The Morgan fingerprint density at radius 3 is 2.88 bits per heavy atom. The van der Waals surface area contributed by atoms with Crippen LogP contribution < -0.4 is 4.74 Å². The van der Waals surface area contributed by atoms with Crippen molar-refractivity contribution in [3.05, 3.63) is 62.8 Å². The lowest BCUT2D eigenvalue weighted by Crippen LogP contribution is -2.56. The van der Waals surface area contributed by atoms with Crippen LogP contribution in [0.5, 0.6) is 5.88 Å². The van der Waals surface area contributed by atoms with Crippen molar-refractivity contribution in [3.63, 3.8) is 0 Å². The Bertz CT molecular complexity index is 890. The molecule has 8 nitrogen and oxygen atoms in total. The largest absolute Gasteiger partial charge is 0.470 e. The third-order valence-corrected chi connectivity index (χ3v) is 4.01. The van der Waals surface area contributed by atoms with Crippen molar-refractivity contribution in [1.82, 2.24) is 9.88 Å². The van der Waals surface area contributed by atoms with Crippen molar-refractivity contribution in [2.45, 2.75) is 6.10 Å². The van der Waals surface area contributed by atoms with Gasteiger partial charge in [0, 0.05) is 17.8 Å². The van der Waals surface area contributed by atoms with Crippen LogP contribution in [0.2, 0.25) is 5.02 Å². The maximum Gasteiger partial charge on any atom is 0.288 e. The SMILES string of the molecule is N#Cc1cccnc1OC1CN(C(=O)c2ccc(Cl)c([N+](=O)[O-])c2)C1. The summed E-state index contributed by atoms with van der Waals surface area (Å²) in [5, 5.41) is 19.9. The third-order valence-electron chi connectivity index (χ3n) is 3.69. The molecular weight excluding hydrogens is 348 g/mol. The highest BCUT2D eigenvalue weighted by Gasteiger charge is 2.34. The van der Waals surface area contributed by atoms with Crippen molar-refractivity contribution < 1.29 is 14.5 Å². The second kappa shape index (κ2) is 6.75. The van der Waals surface area contributed by atoms with E-state index in [0.29, 0.717) is 18.7 Å². The highest BCUT2D eigenvalue weighted by atomic mass is 35.5. The van der Waals surface area contributed by atoms with Gasteiger partial charge in [0.2, 0.25) is 5.88 Å². The molecule has 1 aromatic heterocycles. The normalized spacial score (nSPS) is 13.7. The number of aromatic nitrogens is 1. The maximum atomic E-state index is 12.4. The Balaban J connectivity index is 1.65. The Morgan fingerprint density at radius 2 is 2.20 bits per heavy atom. The summed E-state index contributed by atoms with van der Waals surface area (Å²) in [6.07, 6.45) is 1.23. The molecule has 0 radical (unpaired) electrons. The summed E-state index contributed by atoms with van der Waals surface area (Å²) in [4.78, 5) is 28.1. The lowest BCUT2D eigenvalue weighted by Gasteiger charge is -2.38. The van der Waals surface area contributed by atoms with Crippen LogP contribution in [0.4, 0.5) is 5.69 Å². The van der Waals surface area contributed by atoms with Crippen LogP contribution in [0.3, 0.4) is 0 Å². The number of rotatable bonds is 4. The maximum absolute atomic E-state index is 12.4. The van der Waals surface area contributed by atoms with Gasteiger partial charge in [-0.25, -0.2) is 4.98 Å². The summed E-state index contributed by atoms with van der Waals surface area (Å²) >= 11 is 5.75. The second-order valence-corrected chi connectivity index (χ2v) is 5.75. The summed E-state index contributed by atoms with van der Waals surface area (Å²) in [5.41, 5.74) is 0.193. The molecule has 2 aromatic rings. The molecule has 2 heterocycles. The van der Waals surface area contributed by atoms with Gasteiger partial charge in [-0.15, -0.1) is 0 Å². The number of carbonyl (C=O) groups is 1. The Hall–Kier alpha value is -3.18. The molecule has 0 unspecified atom stereocenters. The molecule has 1 fully saturated rings. The molecule has 126 valence electrons. The number of nitro groups is 1. The molecule has 25 heavy (non-hydrogen) atoms. The standard InChI is InChI=1S/C16H11ClN4O4/c17-13-4-3-10(6-14(13)21(23)24)16(22)20-8-12(9-20)25-15-11(7-18)2-1-5-19-15/h1-6,12H,8-9H2. The van der Waals surface area contributed by atoms with Crippen molar-refractivity contribution in [1.29, 1.82) is 5.26 Å². The highest BCUT2D eigenvalue weighted by molar-refractivity contribution is 6.32. The zero-order valence-corrected chi connectivity index (χ0v) is 13.5. The predicted octanol–water partition coefficient (Wildman–Crippen LogP) is 2.42. The molecule has 1 amide bonds. The van der Waals surface area contributed by atoms with Crippen molar-refractivity contribution in [2.24, 2.45) is 0 Å². The van der Waals surface area contributed by atoms with Crippen LogP contribution in [0.15, 0.2) is 36.5 Å². The monoisotopic (exact) mass is 358 g/mol. The zero-order chi connectivity index (χ0) is 18.0. The quantitative estimate of drug-likeness (QED) is 0.613. The van der Waals surface area contributed by atoms with E-state index in [1.165, 1.54) is 23.2 Å². The molecule has 1 aliphatic heterocycles. The van der Waals surface area contributed by atoms with Gasteiger partial charge in [0.15, 0.2) is 0 Å². The summed E-state index contributed by atoms with van der Waals surface area (Å²) in [7, 11) is 0. The number of nitrogens with zero attached hydrogens (tertiary/aromatic N) is 4. The average Bonchev–Trinajstić information content (AvgIpc) is 2.57. The molecule has 0 N–H and O–H groups in total. The van der Waals surface area contributed by atoms with Crippen LogP contribution in [-0.4, -0.2) is 39.9 Å². The van der Waals surface area contributed by atoms with E-state index in [4.69, 9.17) is 21.6 Å². The van der Waals surface area contributed by atoms with Crippen LogP contribution in [0.25, 0.3) is 0 Å². The summed E-state index contributed by atoms with van der Waals surface area (Å²) in [6, 6.07) is 9.14. The molecule has 0 atom stereocenters. The lowest BCUT2D eigenvalue weighted by molar-refractivity contribution is -0.384. The minimum atomic E-state index is -0.633. The van der Waals surface area contributed by atoms with E-state index in [-0.39, 0.29) is 34.2 Å². The Kier molecular flexibility index (Phi) is 4.50. The van der Waals surface area contributed by atoms with Crippen LogP contribution in [0, 0.1) is 21.4 Å². The minimum Gasteiger partial charge on any atom is -0.470 e. The predicted molar refractivity (Wildman–Crippen MR) is 87.4 cm³/mol. The third kappa shape index (κ3) is 3.36. The van der Waals surface area contributed by atoms with Gasteiger partial charge in [0.25, 0.3) is 11.6 Å². The number of pyridine rings is 1.